The Hall–Kier alpha value is -2.11. The number of benzene rings is 1. The molecule has 4 rings (SSSR count). The summed E-state index contributed by atoms with van der Waals surface area (Å²) in [6.45, 7) is 2.64. The summed E-state index contributed by atoms with van der Waals surface area (Å²) in [6, 6.07) is 14.1. The van der Waals surface area contributed by atoms with E-state index < -0.39 is 11.7 Å². The number of nitrogens with zero attached hydrogens (tertiary/aromatic N) is 2. The fourth-order valence-corrected chi connectivity index (χ4v) is 3.69. The third-order valence-corrected chi connectivity index (χ3v) is 4.98. The summed E-state index contributed by atoms with van der Waals surface area (Å²) >= 11 is 5.95. The molecule has 1 spiro atoms. The highest BCUT2D eigenvalue weighted by molar-refractivity contribution is 6.29. The van der Waals surface area contributed by atoms with Crippen LogP contribution < -0.4 is 5.32 Å². The number of piperidine rings is 1. The van der Waals surface area contributed by atoms with Gasteiger partial charge in [0.15, 0.2) is 0 Å². The molecule has 0 bridgehead atoms. The van der Waals surface area contributed by atoms with Crippen LogP contribution in [0.1, 0.15) is 24.0 Å². The molecule has 1 fully saturated rings. The molecule has 2 aliphatic heterocycles. The van der Waals surface area contributed by atoms with Crippen LogP contribution >= 0.6 is 11.6 Å². The van der Waals surface area contributed by atoms with Crippen LogP contribution in [0.2, 0.25) is 5.15 Å². The predicted octanol–water partition coefficient (Wildman–Crippen LogP) is 3.79. The molecule has 0 unspecified atom stereocenters. The quantitative estimate of drug-likeness (QED) is 0.843. The minimum absolute atomic E-state index is 0.368. The molecule has 24 heavy (non-hydrogen) atoms. The number of aromatic nitrogens is 1. The highest BCUT2D eigenvalue weighted by atomic mass is 35.5. The Morgan fingerprint density at radius 1 is 1.17 bits per heavy atom. The van der Waals surface area contributed by atoms with E-state index in [0.717, 1.165) is 38.0 Å². The van der Waals surface area contributed by atoms with Crippen LogP contribution in [0.15, 0.2) is 42.5 Å². The van der Waals surface area contributed by atoms with E-state index in [0.29, 0.717) is 11.0 Å². The Balaban J connectivity index is 1.53. The van der Waals surface area contributed by atoms with Gasteiger partial charge < -0.3 is 4.74 Å². The second-order valence-electron chi connectivity index (χ2n) is 6.30. The number of anilines is 1. The first-order valence-corrected chi connectivity index (χ1v) is 8.46. The molecule has 2 aromatic rings. The van der Waals surface area contributed by atoms with Gasteiger partial charge in [-0.05, 0) is 17.7 Å². The van der Waals surface area contributed by atoms with Gasteiger partial charge in [-0.1, -0.05) is 41.9 Å². The molecule has 1 N–H and O–H groups in total. The zero-order valence-corrected chi connectivity index (χ0v) is 13.9. The second kappa shape index (κ2) is 6.07. The van der Waals surface area contributed by atoms with Crippen LogP contribution in [0.3, 0.4) is 0 Å². The number of rotatable bonds is 2. The maximum atomic E-state index is 12.0. The van der Waals surface area contributed by atoms with Crippen molar-refractivity contribution in [2.45, 2.75) is 25.0 Å². The van der Waals surface area contributed by atoms with E-state index in [-0.39, 0.29) is 0 Å². The van der Waals surface area contributed by atoms with Crippen molar-refractivity contribution in [2.24, 2.45) is 0 Å². The number of halogens is 1. The summed E-state index contributed by atoms with van der Waals surface area (Å²) in [4.78, 5) is 18.6. The number of ether oxygens (including phenoxy) is 1. The number of pyridine rings is 1. The third-order valence-electron chi connectivity index (χ3n) is 4.77. The van der Waals surface area contributed by atoms with Gasteiger partial charge in [0.05, 0.1) is 0 Å². The van der Waals surface area contributed by atoms with Crippen molar-refractivity contribution in [3.05, 3.63) is 58.7 Å². The summed E-state index contributed by atoms with van der Waals surface area (Å²) in [6.07, 6.45) is 1.06. The molecule has 0 saturated carbocycles. The molecule has 124 valence electrons. The lowest BCUT2D eigenvalue weighted by molar-refractivity contribution is -0.0397. The highest BCUT2D eigenvalue weighted by Gasteiger charge is 2.45. The van der Waals surface area contributed by atoms with Crippen molar-refractivity contribution < 1.29 is 9.53 Å². The molecule has 6 heteroatoms. The van der Waals surface area contributed by atoms with Crippen LogP contribution in [0.25, 0.3) is 0 Å². The van der Waals surface area contributed by atoms with E-state index in [2.05, 4.69) is 39.5 Å². The fourth-order valence-electron chi connectivity index (χ4n) is 3.54. The zero-order valence-electron chi connectivity index (χ0n) is 13.2. The molecule has 5 nitrogen and oxygen atoms in total. The first kappa shape index (κ1) is 15.4. The van der Waals surface area contributed by atoms with E-state index in [1.54, 1.807) is 6.07 Å². The van der Waals surface area contributed by atoms with Crippen molar-refractivity contribution in [1.29, 1.82) is 0 Å². The molecular weight excluding hydrogens is 326 g/mol. The number of carbonyl (C=O) groups is 1. The lowest BCUT2D eigenvalue weighted by Crippen LogP contribution is -2.48. The maximum absolute atomic E-state index is 12.0. The Kier molecular flexibility index (Phi) is 3.90. The van der Waals surface area contributed by atoms with E-state index in [1.165, 1.54) is 5.56 Å². The Morgan fingerprint density at radius 2 is 1.92 bits per heavy atom. The van der Waals surface area contributed by atoms with Gasteiger partial charge in [0.1, 0.15) is 16.6 Å². The molecule has 1 aromatic carbocycles. The van der Waals surface area contributed by atoms with Gasteiger partial charge in [-0.3, -0.25) is 10.2 Å². The topological polar surface area (TPSA) is 54.5 Å². The summed E-state index contributed by atoms with van der Waals surface area (Å²) in [5.41, 5.74) is 1.62. The number of likely N-dealkylation sites (tertiary alicyclic amines) is 1. The number of nitrogens with one attached hydrogen (secondary N) is 1. The number of fused-ring (bicyclic) bond motifs is 2. The molecular formula is C18H18ClN3O2. The maximum Gasteiger partial charge on any atom is 0.413 e. The van der Waals surface area contributed by atoms with Crippen molar-refractivity contribution in [2.75, 3.05) is 18.4 Å². The average Bonchev–Trinajstić information content (AvgIpc) is 2.57. The molecule has 1 saturated heterocycles. The highest BCUT2D eigenvalue weighted by Crippen LogP contribution is 2.43. The minimum atomic E-state index is -0.595. The number of hydrogen-bond donors (Lipinski definition) is 1. The lowest BCUT2D eigenvalue weighted by Gasteiger charge is -2.43. The zero-order chi connectivity index (χ0) is 16.6. The van der Waals surface area contributed by atoms with Gasteiger partial charge in [0.25, 0.3) is 0 Å². The second-order valence-corrected chi connectivity index (χ2v) is 6.69. The molecule has 2 aliphatic rings. The van der Waals surface area contributed by atoms with Crippen LogP contribution in [-0.4, -0.2) is 29.1 Å². The van der Waals surface area contributed by atoms with E-state index in [4.69, 9.17) is 16.3 Å². The normalized spacial score (nSPS) is 19.5. The standard InChI is InChI=1S/C18H18ClN3O2/c19-15-7-6-14-16(20-15)21-17(23)24-18(14)8-10-22(11-9-18)12-13-4-2-1-3-5-13/h1-7H,8-12H2,(H,20,21,23). The smallest absolute Gasteiger partial charge is 0.413 e. The van der Waals surface area contributed by atoms with Crippen molar-refractivity contribution in [3.8, 4) is 0 Å². The van der Waals surface area contributed by atoms with Gasteiger partial charge in [0, 0.05) is 38.0 Å². The first-order valence-electron chi connectivity index (χ1n) is 8.08. The van der Waals surface area contributed by atoms with E-state index in [9.17, 15) is 4.79 Å². The molecule has 0 atom stereocenters. The number of amides is 1. The molecule has 1 aromatic heterocycles. The number of carbonyl (C=O) groups excluding carboxylic acids is 1. The van der Waals surface area contributed by atoms with Crippen LogP contribution in [0.5, 0.6) is 0 Å². The average molecular weight is 344 g/mol. The summed E-state index contributed by atoms with van der Waals surface area (Å²) < 4.78 is 5.72. The van der Waals surface area contributed by atoms with Crippen molar-refractivity contribution in [3.63, 3.8) is 0 Å². The molecule has 0 radical (unpaired) electrons. The van der Waals surface area contributed by atoms with Gasteiger partial charge in [-0.2, -0.15) is 0 Å². The summed E-state index contributed by atoms with van der Waals surface area (Å²) in [7, 11) is 0. The Bertz CT molecular complexity index is 758. The molecule has 3 heterocycles. The van der Waals surface area contributed by atoms with Crippen LogP contribution in [0, 0.1) is 0 Å². The minimum Gasteiger partial charge on any atom is -0.438 e. The van der Waals surface area contributed by atoms with Gasteiger partial charge >= 0.3 is 6.09 Å². The summed E-state index contributed by atoms with van der Waals surface area (Å²) in [5, 5.41) is 3.02. The van der Waals surface area contributed by atoms with Gasteiger partial charge in [-0.15, -0.1) is 0 Å². The largest absolute Gasteiger partial charge is 0.438 e. The monoisotopic (exact) mass is 343 g/mol. The Morgan fingerprint density at radius 3 is 2.67 bits per heavy atom. The lowest BCUT2D eigenvalue weighted by atomic mass is 9.83. The van der Waals surface area contributed by atoms with Crippen molar-refractivity contribution >= 4 is 23.5 Å². The molecule has 0 aliphatic carbocycles. The first-order chi connectivity index (χ1) is 11.6. The predicted molar refractivity (Wildman–Crippen MR) is 92.0 cm³/mol. The van der Waals surface area contributed by atoms with E-state index >= 15 is 0 Å². The van der Waals surface area contributed by atoms with Gasteiger partial charge in [-0.25, -0.2) is 9.78 Å². The number of hydrogen-bond acceptors (Lipinski definition) is 4. The van der Waals surface area contributed by atoms with Gasteiger partial charge in [0.2, 0.25) is 0 Å². The summed E-state index contributed by atoms with van der Waals surface area (Å²) in [5.74, 6) is 0.523. The fraction of sp³-hybridized carbons (Fsp3) is 0.333. The van der Waals surface area contributed by atoms with E-state index in [1.807, 2.05) is 12.1 Å². The van der Waals surface area contributed by atoms with Crippen LogP contribution in [-0.2, 0) is 16.9 Å². The van der Waals surface area contributed by atoms with Crippen molar-refractivity contribution in [1.82, 2.24) is 9.88 Å². The molecule has 1 amide bonds. The third kappa shape index (κ3) is 2.85. The SMILES string of the molecule is O=C1Nc2nc(Cl)ccc2C2(CCN(Cc3ccccc3)CC2)O1. The van der Waals surface area contributed by atoms with Crippen LogP contribution in [0.4, 0.5) is 10.6 Å². The Labute approximate surface area is 145 Å².